The number of benzene rings is 1. The number of H-pyrrole nitrogens is 1. The lowest BCUT2D eigenvalue weighted by molar-refractivity contribution is -0.133. The molecule has 7 heteroatoms. The van der Waals surface area contributed by atoms with Crippen LogP contribution in [0.15, 0.2) is 24.4 Å². The van der Waals surface area contributed by atoms with E-state index < -0.39 is 6.04 Å². The van der Waals surface area contributed by atoms with Gasteiger partial charge in [0.15, 0.2) is 0 Å². The smallest absolute Gasteiger partial charge is 0.315 e. The zero-order valence-electron chi connectivity index (χ0n) is 15.0. The Hall–Kier alpha value is -2.57. The van der Waals surface area contributed by atoms with Gasteiger partial charge < -0.3 is 20.5 Å². The molecule has 1 atom stereocenters. The number of likely N-dealkylation sites (tertiary alicyclic amines) is 1. The summed E-state index contributed by atoms with van der Waals surface area (Å²) in [6, 6.07) is 3.72. The van der Waals surface area contributed by atoms with E-state index >= 15 is 0 Å². The molecule has 1 saturated heterocycles. The second-order valence-electron chi connectivity index (χ2n) is 6.76. The van der Waals surface area contributed by atoms with Crippen molar-refractivity contribution in [2.75, 3.05) is 19.6 Å². The predicted molar refractivity (Wildman–Crippen MR) is 98.4 cm³/mol. The highest BCUT2D eigenvalue weighted by atomic mass is 19.1. The van der Waals surface area contributed by atoms with Gasteiger partial charge in [-0.3, -0.25) is 4.79 Å². The summed E-state index contributed by atoms with van der Waals surface area (Å²) < 4.78 is 13.2. The quantitative estimate of drug-likeness (QED) is 0.766. The van der Waals surface area contributed by atoms with Crippen molar-refractivity contribution >= 4 is 22.8 Å². The first-order valence-electron chi connectivity index (χ1n) is 9.13. The zero-order chi connectivity index (χ0) is 18.5. The van der Waals surface area contributed by atoms with Gasteiger partial charge in [0.25, 0.3) is 0 Å². The normalized spacial score (nSPS) is 15.7. The summed E-state index contributed by atoms with van der Waals surface area (Å²) in [7, 11) is 0. The van der Waals surface area contributed by atoms with Crippen molar-refractivity contribution in [2.24, 2.45) is 0 Å². The van der Waals surface area contributed by atoms with E-state index in [2.05, 4.69) is 15.6 Å². The van der Waals surface area contributed by atoms with Crippen LogP contribution in [0.25, 0.3) is 10.9 Å². The van der Waals surface area contributed by atoms with Crippen LogP contribution < -0.4 is 10.6 Å². The second kappa shape index (κ2) is 8.21. The van der Waals surface area contributed by atoms with Crippen LogP contribution in [0.5, 0.6) is 0 Å². The van der Waals surface area contributed by atoms with Gasteiger partial charge in [-0.05, 0) is 56.4 Å². The topological polar surface area (TPSA) is 77.2 Å². The number of aromatic nitrogens is 1. The maximum Gasteiger partial charge on any atom is 0.315 e. The fourth-order valence-electron chi connectivity index (χ4n) is 3.37. The molecule has 0 unspecified atom stereocenters. The molecule has 1 aromatic heterocycles. The highest BCUT2D eigenvalue weighted by Crippen LogP contribution is 2.19. The van der Waals surface area contributed by atoms with Crippen molar-refractivity contribution in [1.82, 2.24) is 20.5 Å². The number of carbonyl (C=O) groups is 2. The van der Waals surface area contributed by atoms with Crippen molar-refractivity contribution in [3.63, 3.8) is 0 Å². The van der Waals surface area contributed by atoms with Crippen LogP contribution in [0.2, 0.25) is 0 Å². The number of rotatable bonds is 5. The van der Waals surface area contributed by atoms with Crippen LogP contribution in [0.3, 0.4) is 0 Å². The van der Waals surface area contributed by atoms with Crippen molar-refractivity contribution in [2.45, 2.75) is 38.6 Å². The van der Waals surface area contributed by atoms with Crippen LogP contribution in [-0.2, 0) is 11.2 Å². The molecule has 3 N–H and O–H groups in total. The second-order valence-corrected chi connectivity index (χ2v) is 6.76. The van der Waals surface area contributed by atoms with E-state index in [-0.39, 0.29) is 17.8 Å². The number of nitrogens with zero attached hydrogens (tertiary/aromatic N) is 1. The van der Waals surface area contributed by atoms with Crippen molar-refractivity contribution in [3.8, 4) is 0 Å². The first-order chi connectivity index (χ1) is 12.5. The fourth-order valence-corrected chi connectivity index (χ4v) is 3.37. The molecule has 26 heavy (non-hydrogen) atoms. The Labute approximate surface area is 152 Å². The average molecular weight is 360 g/mol. The van der Waals surface area contributed by atoms with Crippen LogP contribution in [0.4, 0.5) is 9.18 Å². The van der Waals surface area contributed by atoms with E-state index in [9.17, 15) is 14.0 Å². The third-order valence-electron chi connectivity index (χ3n) is 4.80. The summed E-state index contributed by atoms with van der Waals surface area (Å²) >= 11 is 0. The fraction of sp³-hybridized carbons (Fsp3) is 0.474. The number of hydrogen-bond acceptors (Lipinski definition) is 2. The van der Waals surface area contributed by atoms with Gasteiger partial charge in [-0.25, -0.2) is 9.18 Å². The lowest BCUT2D eigenvalue weighted by atomic mass is 10.1. The minimum Gasteiger partial charge on any atom is -0.361 e. The summed E-state index contributed by atoms with van der Waals surface area (Å²) in [5.74, 6) is -0.311. The minimum atomic E-state index is -0.538. The summed E-state index contributed by atoms with van der Waals surface area (Å²) in [6.45, 7) is 3.69. The van der Waals surface area contributed by atoms with Gasteiger partial charge >= 0.3 is 6.03 Å². The van der Waals surface area contributed by atoms with Crippen molar-refractivity contribution in [3.05, 3.63) is 35.8 Å². The van der Waals surface area contributed by atoms with E-state index in [0.29, 0.717) is 13.0 Å². The maximum absolute atomic E-state index is 13.2. The summed E-state index contributed by atoms with van der Waals surface area (Å²) in [6.07, 6.45) is 5.66. The van der Waals surface area contributed by atoms with Gasteiger partial charge in [0.2, 0.25) is 5.91 Å². The number of piperidine rings is 1. The first-order valence-corrected chi connectivity index (χ1v) is 9.13. The van der Waals surface area contributed by atoms with Crippen LogP contribution in [0, 0.1) is 5.82 Å². The zero-order valence-corrected chi connectivity index (χ0v) is 15.0. The molecule has 2 aromatic rings. The number of urea groups is 1. The Kier molecular flexibility index (Phi) is 5.75. The summed E-state index contributed by atoms with van der Waals surface area (Å²) in [4.78, 5) is 29.2. The molecule has 1 aliphatic heterocycles. The Morgan fingerprint density at radius 2 is 2.04 bits per heavy atom. The Balaban J connectivity index is 1.45. The van der Waals surface area contributed by atoms with Gasteiger partial charge in [0, 0.05) is 36.7 Å². The molecule has 1 fully saturated rings. The van der Waals surface area contributed by atoms with Gasteiger partial charge in [-0.2, -0.15) is 0 Å². The molecule has 0 radical (unpaired) electrons. The van der Waals surface area contributed by atoms with Gasteiger partial charge in [0.05, 0.1) is 0 Å². The number of carbonyl (C=O) groups excluding carboxylic acids is 2. The Morgan fingerprint density at radius 3 is 2.81 bits per heavy atom. The molecule has 6 nitrogen and oxygen atoms in total. The number of aromatic amines is 1. The van der Waals surface area contributed by atoms with Gasteiger partial charge in [-0.15, -0.1) is 0 Å². The summed E-state index contributed by atoms with van der Waals surface area (Å²) in [5.41, 5.74) is 1.75. The third-order valence-corrected chi connectivity index (χ3v) is 4.80. The average Bonchev–Trinajstić information content (AvgIpc) is 3.03. The molecule has 0 spiro atoms. The van der Waals surface area contributed by atoms with Gasteiger partial charge in [-0.1, -0.05) is 0 Å². The lowest BCUT2D eigenvalue weighted by Crippen LogP contribution is -2.51. The van der Waals surface area contributed by atoms with E-state index in [1.807, 2.05) is 11.1 Å². The molecule has 0 aliphatic carbocycles. The Morgan fingerprint density at radius 1 is 1.27 bits per heavy atom. The van der Waals surface area contributed by atoms with E-state index in [0.717, 1.165) is 48.8 Å². The van der Waals surface area contributed by atoms with E-state index in [1.165, 1.54) is 12.1 Å². The molecule has 140 valence electrons. The lowest BCUT2D eigenvalue weighted by Gasteiger charge is -2.29. The number of amides is 3. The maximum atomic E-state index is 13.2. The SMILES string of the molecule is C[C@@H](NC(=O)NCCc1c[nH]c2cc(F)ccc12)C(=O)N1CCCCC1. The monoisotopic (exact) mass is 360 g/mol. The highest BCUT2D eigenvalue weighted by molar-refractivity contribution is 5.87. The van der Waals surface area contributed by atoms with Crippen LogP contribution in [0.1, 0.15) is 31.7 Å². The van der Waals surface area contributed by atoms with E-state index in [4.69, 9.17) is 0 Å². The van der Waals surface area contributed by atoms with Crippen LogP contribution >= 0.6 is 0 Å². The molecule has 3 amide bonds. The third kappa shape index (κ3) is 4.33. The summed E-state index contributed by atoms with van der Waals surface area (Å²) in [5, 5.41) is 6.43. The van der Waals surface area contributed by atoms with Crippen molar-refractivity contribution < 1.29 is 14.0 Å². The number of fused-ring (bicyclic) bond motifs is 1. The number of nitrogens with one attached hydrogen (secondary N) is 3. The molecule has 1 aliphatic rings. The molecule has 2 heterocycles. The molecular formula is C19H25FN4O2. The molecule has 1 aromatic carbocycles. The number of hydrogen-bond donors (Lipinski definition) is 3. The molecule has 0 saturated carbocycles. The molecular weight excluding hydrogens is 335 g/mol. The van der Waals surface area contributed by atoms with Crippen LogP contribution in [-0.4, -0.2) is 47.5 Å². The van der Waals surface area contributed by atoms with E-state index in [1.54, 1.807) is 13.0 Å². The minimum absolute atomic E-state index is 0.0292. The largest absolute Gasteiger partial charge is 0.361 e. The number of halogens is 1. The highest BCUT2D eigenvalue weighted by Gasteiger charge is 2.23. The molecule has 3 rings (SSSR count). The first kappa shape index (κ1) is 18.2. The molecule has 0 bridgehead atoms. The predicted octanol–water partition coefficient (Wildman–Crippen LogP) is 2.55. The standard InChI is InChI=1S/C19H25FN4O2/c1-13(18(25)24-9-3-2-4-10-24)23-19(26)21-8-7-14-12-22-17-11-15(20)5-6-16(14)17/h5-6,11-13,22H,2-4,7-10H2,1H3,(H2,21,23,26)/t13-/m1/s1. The Bertz CT molecular complexity index is 783. The van der Waals surface area contributed by atoms with Gasteiger partial charge in [0.1, 0.15) is 11.9 Å². The van der Waals surface area contributed by atoms with Crippen molar-refractivity contribution in [1.29, 1.82) is 0 Å².